The molecule has 3 N–H and O–H groups in total. The van der Waals surface area contributed by atoms with Gasteiger partial charge >= 0.3 is 11.9 Å². The molecule has 1 saturated heterocycles. The number of hydrogen-bond acceptors (Lipinski definition) is 7. The number of nitrogens with zero attached hydrogens (tertiary/aromatic N) is 2. The number of thioether (sulfide) groups is 1. The molecule has 0 radical (unpaired) electrons. The second-order valence-electron chi connectivity index (χ2n) is 6.07. The van der Waals surface area contributed by atoms with Gasteiger partial charge in [0.2, 0.25) is 5.91 Å². The molecule has 0 saturated carbocycles. The van der Waals surface area contributed by atoms with Crippen molar-refractivity contribution in [3.8, 4) is 6.07 Å². The molecule has 1 aromatic carbocycles. The average Bonchev–Trinajstić information content (AvgIpc) is 2.97. The summed E-state index contributed by atoms with van der Waals surface area (Å²) in [5.74, 6) is -5.36. The van der Waals surface area contributed by atoms with Crippen LogP contribution in [0.3, 0.4) is 0 Å². The molecule has 0 bridgehead atoms. The van der Waals surface area contributed by atoms with Crippen LogP contribution in [0.1, 0.15) is 17.9 Å². The predicted octanol–water partition coefficient (Wildman–Crippen LogP) is 2.07. The number of fused-ring (bicyclic) bond motifs is 1. The van der Waals surface area contributed by atoms with Gasteiger partial charge in [-0.3, -0.25) is 14.5 Å². The Hall–Kier alpha value is -3.03. The lowest BCUT2D eigenvalue weighted by molar-refractivity contribution is -0.139. The van der Waals surface area contributed by atoms with Crippen LogP contribution >= 0.6 is 23.4 Å². The molecule has 29 heavy (non-hydrogen) atoms. The van der Waals surface area contributed by atoms with E-state index in [1.54, 1.807) is 0 Å². The number of hydrogen-bond donors (Lipinski definition) is 2. The lowest BCUT2D eigenvalue weighted by Gasteiger charge is -2.31. The molecule has 1 fully saturated rings. The lowest BCUT2D eigenvalue weighted by atomic mass is 9.82. The number of carbonyl (C=O) groups excluding carboxylic acids is 2. The molecule has 1 aromatic rings. The second kappa shape index (κ2) is 7.77. The number of allylic oxidation sites excluding steroid dienone is 1. The van der Waals surface area contributed by atoms with Gasteiger partial charge in [-0.15, -0.1) is 0 Å². The van der Waals surface area contributed by atoms with Gasteiger partial charge < -0.3 is 15.6 Å². The first-order chi connectivity index (χ1) is 13.7. The Balaban J connectivity index is 2.30. The smallest absolute Gasteiger partial charge is 0.338 e. The van der Waals surface area contributed by atoms with Crippen LogP contribution in [0.5, 0.6) is 0 Å². The van der Waals surface area contributed by atoms with Crippen molar-refractivity contribution in [1.29, 1.82) is 5.26 Å². The Morgan fingerprint density at radius 3 is 2.72 bits per heavy atom. The van der Waals surface area contributed by atoms with Crippen molar-refractivity contribution in [2.75, 3.05) is 7.11 Å². The van der Waals surface area contributed by atoms with E-state index in [1.807, 2.05) is 6.07 Å². The average molecular weight is 438 g/mol. The van der Waals surface area contributed by atoms with Crippen molar-refractivity contribution < 1.29 is 28.6 Å². The van der Waals surface area contributed by atoms with Crippen LogP contribution < -0.4 is 5.73 Å². The minimum absolute atomic E-state index is 0.0400. The van der Waals surface area contributed by atoms with Crippen LogP contribution in [0, 0.1) is 17.1 Å². The molecule has 0 aromatic heterocycles. The third-order valence-corrected chi connectivity index (χ3v) is 6.06. The van der Waals surface area contributed by atoms with Crippen LogP contribution in [0.4, 0.5) is 4.39 Å². The first-order valence-electron chi connectivity index (χ1n) is 8.11. The molecule has 2 heterocycles. The third kappa shape index (κ3) is 3.32. The number of amides is 1. The molecule has 2 aliphatic heterocycles. The molecular weight excluding hydrogens is 425 g/mol. The van der Waals surface area contributed by atoms with Gasteiger partial charge in [0.25, 0.3) is 0 Å². The van der Waals surface area contributed by atoms with Crippen LogP contribution in [0.25, 0.3) is 0 Å². The summed E-state index contributed by atoms with van der Waals surface area (Å²) >= 11 is 6.98. The monoisotopic (exact) mass is 437 g/mol. The summed E-state index contributed by atoms with van der Waals surface area (Å²) < 4.78 is 19.4. The van der Waals surface area contributed by atoms with Gasteiger partial charge in [0, 0.05) is 10.6 Å². The Bertz CT molecular complexity index is 1030. The zero-order valence-corrected chi connectivity index (χ0v) is 16.4. The SMILES string of the molecule is COC(=O)C1=C(N)N2C(=O)C(CC(=O)O)SC2=C(C#N)C1c1c(F)cccc1Cl. The number of aliphatic carboxylic acids is 1. The summed E-state index contributed by atoms with van der Waals surface area (Å²) in [5, 5.41) is 17.8. The maximum Gasteiger partial charge on any atom is 0.338 e. The Kier molecular flexibility index (Phi) is 5.55. The Labute approximate surface area is 173 Å². The fourth-order valence-corrected chi connectivity index (χ4v) is 4.80. The first-order valence-corrected chi connectivity index (χ1v) is 9.37. The van der Waals surface area contributed by atoms with Crippen molar-refractivity contribution in [1.82, 2.24) is 4.90 Å². The maximum absolute atomic E-state index is 14.7. The van der Waals surface area contributed by atoms with E-state index in [9.17, 15) is 24.0 Å². The molecular formula is C18H13ClFN3O5S. The molecule has 3 rings (SSSR count). The lowest BCUT2D eigenvalue weighted by Crippen LogP contribution is -2.39. The molecule has 1 amide bonds. The summed E-state index contributed by atoms with van der Waals surface area (Å²) in [6.07, 6.45) is -0.520. The Morgan fingerprint density at radius 2 is 2.17 bits per heavy atom. The summed E-state index contributed by atoms with van der Waals surface area (Å²) in [4.78, 5) is 37.2. The van der Waals surface area contributed by atoms with E-state index in [0.717, 1.165) is 29.8 Å². The summed E-state index contributed by atoms with van der Waals surface area (Å²) in [5.41, 5.74) is 5.43. The quantitative estimate of drug-likeness (QED) is 0.684. The number of carboxylic acid groups (broad SMARTS) is 1. The molecule has 2 unspecified atom stereocenters. The number of nitriles is 1. The molecule has 8 nitrogen and oxygen atoms in total. The highest BCUT2D eigenvalue weighted by atomic mass is 35.5. The maximum atomic E-state index is 14.7. The van der Waals surface area contributed by atoms with E-state index in [0.29, 0.717) is 0 Å². The van der Waals surface area contributed by atoms with Gasteiger partial charge in [-0.1, -0.05) is 29.4 Å². The second-order valence-corrected chi connectivity index (χ2v) is 7.67. The van der Waals surface area contributed by atoms with Crippen LogP contribution in [0.2, 0.25) is 5.02 Å². The minimum Gasteiger partial charge on any atom is -0.481 e. The van der Waals surface area contributed by atoms with Gasteiger partial charge in [-0.05, 0) is 12.1 Å². The largest absolute Gasteiger partial charge is 0.481 e. The minimum atomic E-state index is -1.32. The number of halogens is 2. The van der Waals surface area contributed by atoms with Gasteiger partial charge in [-0.25, -0.2) is 9.18 Å². The van der Waals surface area contributed by atoms with Crippen molar-refractivity contribution in [3.05, 3.63) is 56.6 Å². The summed E-state index contributed by atoms with van der Waals surface area (Å²) in [6.45, 7) is 0. The summed E-state index contributed by atoms with van der Waals surface area (Å²) in [7, 11) is 1.07. The van der Waals surface area contributed by atoms with E-state index in [2.05, 4.69) is 0 Å². The number of benzene rings is 1. The highest BCUT2D eigenvalue weighted by molar-refractivity contribution is 8.04. The highest BCUT2D eigenvalue weighted by Crippen LogP contribution is 2.51. The number of ether oxygens (including phenoxy) is 1. The van der Waals surface area contributed by atoms with Crippen LogP contribution in [-0.2, 0) is 19.1 Å². The number of carboxylic acids is 1. The van der Waals surface area contributed by atoms with Crippen molar-refractivity contribution in [2.24, 2.45) is 5.73 Å². The standard InChI is InChI=1S/C18H13ClFN3O5S/c1-28-18(27)14-12(13-8(19)3-2-4-9(13)20)7(6-21)17-23(15(14)22)16(26)10(29-17)5-11(24)25/h2-4,10,12H,5,22H2,1H3,(H,24,25). The highest BCUT2D eigenvalue weighted by Gasteiger charge is 2.49. The summed E-state index contributed by atoms with van der Waals surface area (Å²) in [6, 6.07) is 5.75. The molecule has 2 aliphatic rings. The van der Waals surface area contributed by atoms with E-state index in [-0.39, 0.29) is 32.6 Å². The molecule has 11 heteroatoms. The normalized spacial score (nSPS) is 21.2. The fraction of sp³-hybridized carbons (Fsp3) is 0.222. The zero-order chi connectivity index (χ0) is 21.5. The Morgan fingerprint density at radius 1 is 1.48 bits per heavy atom. The van der Waals surface area contributed by atoms with Crippen molar-refractivity contribution in [2.45, 2.75) is 17.6 Å². The molecule has 0 aliphatic carbocycles. The number of carbonyl (C=O) groups is 3. The number of esters is 1. The first kappa shape index (κ1) is 20.7. The van der Waals surface area contributed by atoms with Gasteiger partial charge in [0.05, 0.1) is 41.7 Å². The van der Waals surface area contributed by atoms with Crippen LogP contribution in [-0.4, -0.2) is 40.2 Å². The van der Waals surface area contributed by atoms with E-state index in [1.165, 1.54) is 12.1 Å². The van der Waals surface area contributed by atoms with E-state index in [4.69, 9.17) is 27.2 Å². The number of rotatable bonds is 4. The van der Waals surface area contributed by atoms with Gasteiger partial charge in [0.15, 0.2) is 0 Å². The molecule has 0 spiro atoms. The number of methoxy groups -OCH3 is 1. The third-order valence-electron chi connectivity index (χ3n) is 4.45. The van der Waals surface area contributed by atoms with Crippen molar-refractivity contribution in [3.63, 3.8) is 0 Å². The van der Waals surface area contributed by atoms with Gasteiger partial charge in [0.1, 0.15) is 16.9 Å². The van der Waals surface area contributed by atoms with E-state index >= 15 is 0 Å². The fourth-order valence-electron chi connectivity index (χ4n) is 3.24. The van der Waals surface area contributed by atoms with Gasteiger partial charge in [-0.2, -0.15) is 5.26 Å². The molecule has 2 atom stereocenters. The number of nitrogens with two attached hydrogens (primary N) is 1. The van der Waals surface area contributed by atoms with Crippen molar-refractivity contribution >= 4 is 41.2 Å². The molecule has 150 valence electrons. The topological polar surface area (TPSA) is 134 Å². The van der Waals surface area contributed by atoms with E-state index < -0.39 is 41.3 Å². The zero-order valence-electron chi connectivity index (χ0n) is 14.8. The van der Waals surface area contributed by atoms with Crippen LogP contribution in [0.15, 0.2) is 40.2 Å². The predicted molar refractivity (Wildman–Crippen MR) is 100 cm³/mol.